The molecular formula is C17H24N2O2. The number of ether oxygens (including phenoxy) is 1. The highest BCUT2D eigenvalue weighted by Gasteiger charge is 2.28. The predicted molar refractivity (Wildman–Crippen MR) is 83.4 cm³/mol. The molecule has 0 aromatic heterocycles. The highest BCUT2D eigenvalue weighted by Crippen LogP contribution is 2.33. The number of nitrogens with one attached hydrogen (secondary N) is 1. The minimum absolute atomic E-state index is 0.119. The van der Waals surface area contributed by atoms with Crippen molar-refractivity contribution in [3.63, 3.8) is 0 Å². The van der Waals surface area contributed by atoms with Crippen LogP contribution in [0.5, 0.6) is 0 Å². The molecule has 4 nitrogen and oxygen atoms in total. The zero-order valence-electron chi connectivity index (χ0n) is 12.7. The molecule has 1 amide bonds. The zero-order chi connectivity index (χ0) is 14.7. The fourth-order valence-electron chi connectivity index (χ4n) is 3.43. The molecule has 4 heteroatoms. The molecule has 1 fully saturated rings. The molecule has 21 heavy (non-hydrogen) atoms. The number of anilines is 1. The first-order valence-electron chi connectivity index (χ1n) is 7.97. The first kappa shape index (κ1) is 14.5. The minimum Gasteiger partial charge on any atom is -0.378 e. The Morgan fingerprint density at radius 2 is 2.19 bits per heavy atom. The average molecular weight is 288 g/mol. The van der Waals surface area contributed by atoms with Gasteiger partial charge >= 0.3 is 0 Å². The van der Waals surface area contributed by atoms with Crippen LogP contribution in [-0.4, -0.2) is 32.2 Å². The molecule has 0 radical (unpaired) electrons. The van der Waals surface area contributed by atoms with Gasteiger partial charge in [-0.1, -0.05) is 18.2 Å². The van der Waals surface area contributed by atoms with E-state index in [-0.39, 0.29) is 12.0 Å². The number of benzene rings is 1. The zero-order valence-corrected chi connectivity index (χ0v) is 12.7. The molecule has 0 saturated carbocycles. The molecule has 114 valence electrons. The lowest BCUT2D eigenvalue weighted by atomic mass is 10.0. The van der Waals surface area contributed by atoms with Gasteiger partial charge in [0.1, 0.15) is 0 Å². The first-order chi connectivity index (χ1) is 10.3. The van der Waals surface area contributed by atoms with Crippen LogP contribution in [0.15, 0.2) is 24.3 Å². The minimum atomic E-state index is 0.119. The first-order valence-corrected chi connectivity index (χ1v) is 7.97. The van der Waals surface area contributed by atoms with Crippen LogP contribution in [0.1, 0.15) is 43.7 Å². The maximum atomic E-state index is 12.7. The topological polar surface area (TPSA) is 41.6 Å². The van der Waals surface area contributed by atoms with E-state index in [1.165, 1.54) is 5.56 Å². The van der Waals surface area contributed by atoms with Crippen molar-refractivity contribution in [3.8, 4) is 0 Å². The van der Waals surface area contributed by atoms with E-state index in [2.05, 4.69) is 23.5 Å². The normalized spacial score (nSPS) is 25.5. The van der Waals surface area contributed by atoms with E-state index in [4.69, 9.17) is 4.74 Å². The standard InChI is InChI=1S/C17H24N2O2/c1-18-15-8-4-10-19(16-9-3-2-7-14(15)16)17(20)12-13-6-5-11-21-13/h2-3,7,9,13,15,18H,4-6,8,10-12H2,1H3. The number of amides is 1. The maximum absolute atomic E-state index is 12.7. The van der Waals surface area contributed by atoms with Crippen LogP contribution in [0.3, 0.4) is 0 Å². The Hall–Kier alpha value is -1.39. The Bertz CT molecular complexity index is 497. The van der Waals surface area contributed by atoms with Crippen molar-refractivity contribution >= 4 is 11.6 Å². The fraction of sp³-hybridized carbons (Fsp3) is 0.588. The van der Waals surface area contributed by atoms with E-state index >= 15 is 0 Å². The summed E-state index contributed by atoms with van der Waals surface area (Å²) in [6, 6.07) is 8.61. The van der Waals surface area contributed by atoms with Gasteiger partial charge in [-0.05, 0) is 44.4 Å². The number of rotatable bonds is 3. The Balaban J connectivity index is 1.82. The lowest BCUT2D eigenvalue weighted by molar-refractivity contribution is -0.120. The molecule has 2 aliphatic heterocycles. The molecule has 2 unspecified atom stereocenters. The van der Waals surface area contributed by atoms with E-state index in [1.807, 2.05) is 18.0 Å². The van der Waals surface area contributed by atoms with Crippen LogP contribution in [0.2, 0.25) is 0 Å². The number of fused-ring (bicyclic) bond motifs is 1. The average Bonchev–Trinajstić information content (AvgIpc) is 2.93. The number of para-hydroxylation sites is 1. The van der Waals surface area contributed by atoms with Gasteiger partial charge in [0.25, 0.3) is 0 Å². The Labute approximate surface area is 126 Å². The van der Waals surface area contributed by atoms with Gasteiger partial charge in [0.15, 0.2) is 0 Å². The van der Waals surface area contributed by atoms with Crippen LogP contribution >= 0.6 is 0 Å². The molecule has 1 saturated heterocycles. The largest absolute Gasteiger partial charge is 0.378 e. The number of nitrogens with zero attached hydrogens (tertiary/aromatic N) is 1. The van der Waals surface area contributed by atoms with Gasteiger partial charge < -0.3 is 15.0 Å². The summed E-state index contributed by atoms with van der Waals surface area (Å²) in [4.78, 5) is 14.7. The van der Waals surface area contributed by atoms with Crippen molar-refractivity contribution < 1.29 is 9.53 Å². The number of hydrogen-bond donors (Lipinski definition) is 1. The quantitative estimate of drug-likeness (QED) is 0.929. The molecule has 0 aliphatic carbocycles. The summed E-state index contributed by atoms with van der Waals surface area (Å²) in [6.07, 6.45) is 4.82. The molecule has 1 N–H and O–H groups in total. The molecule has 0 bridgehead atoms. The molecule has 0 spiro atoms. The van der Waals surface area contributed by atoms with Gasteiger partial charge in [0.05, 0.1) is 12.5 Å². The molecule has 2 aliphatic rings. The Morgan fingerprint density at radius 1 is 1.33 bits per heavy atom. The van der Waals surface area contributed by atoms with Crippen LogP contribution < -0.4 is 10.2 Å². The van der Waals surface area contributed by atoms with E-state index in [0.29, 0.717) is 12.5 Å². The molecule has 2 heterocycles. The third-order valence-electron chi connectivity index (χ3n) is 4.55. The Kier molecular flexibility index (Phi) is 4.56. The van der Waals surface area contributed by atoms with E-state index < -0.39 is 0 Å². The van der Waals surface area contributed by atoms with Crippen molar-refractivity contribution in [2.24, 2.45) is 0 Å². The summed E-state index contributed by atoms with van der Waals surface area (Å²) in [5.74, 6) is 0.200. The monoisotopic (exact) mass is 288 g/mol. The summed E-state index contributed by atoms with van der Waals surface area (Å²) in [5, 5.41) is 3.37. The molecule has 3 rings (SSSR count). The molecule has 1 aromatic carbocycles. The van der Waals surface area contributed by atoms with Crippen molar-refractivity contribution in [1.29, 1.82) is 0 Å². The smallest absolute Gasteiger partial charge is 0.229 e. The lowest BCUT2D eigenvalue weighted by Crippen LogP contribution is -2.34. The summed E-state index contributed by atoms with van der Waals surface area (Å²) < 4.78 is 5.62. The third kappa shape index (κ3) is 3.11. The van der Waals surface area contributed by atoms with Gasteiger partial charge in [-0.15, -0.1) is 0 Å². The van der Waals surface area contributed by atoms with Crippen molar-refractivity contribution in [2.45, 2.75) is 44.2 Å². The number of carbonyl (C=O) groups is 1. The predicted octanol–water partition coefficient (Wildman–Crippen LogP) is 2.64. The summed E-state index contributed by atoms with van der Waals surface area (Å²) in [5.41, 5.74) is 2.30. The highest BCUT2D eigenvalue weighted by molar-refractivity contribution is 5.94. The van der Waals surface area contributed by atoms with E-state index in [0.717, 1.165) is 44.5 Å². The van der Waals surface area contributed by atoms with E-state index in [9.17, 15) is 4.79 Å². The Morgan fingerprint density at radius 3 is 2.95 bits per heavy atom. The van der Waals surface area contributed by atoms with Crippen LogP contribution in [0, 0.1) is 0 Å². The van der Waals surface area contributed by atoms with Crippen LogP contribution in [0.4, 0.5) is 5.69 Å². The van der Waals surface area contributed by atoms with E-state index in [1.54, 1.807) is 0 Å². The SMILES string of the molecule is CNC1CCCN(C(=O)CC2CCCO2)c2ccccc21. The van der Waals surface area contributed by atoms with Crippen molar-refractivity contribution in [2.75, 3.05) is 25.1 Å². The van der Waals surface area contributed by atoms with Gasteiger partial charge in [0.2, 0.25) is 5.91 Å². The maximum Gasteiger partial charge on any atom is 0.229 e. The van der Waals surface area contributed by atoms with Gasteiger partial charge in [0, 0.05) is 24.9 Å². The van der Waals surface area contributed by atoms with Crippen molar-refractivity contribution in [1.82, 2.24) is 5.32 Å². The van der Waals surface area contributed by atoms with Crippen molar-refractivity contribution in [3.05, 3.63) is 29.8 Å². The third-order valence-corrected chi connectivity index (χ3v) is 4.55. The second-order valence-electron chi connectivity index (χ2n) is 5.93. The van der Waals surface area contributed by atoms with Gasteiger partial charge in [-0.2, -0.15) is 0 Å². The molecule has 1 aromatic rings. The summed E-state index contributed by atoms with van der Waals surface area (Å²) >= 11 is 0. The number of hydrogen-bond acceptors (Lipinski definition) is 3. The summed E-state index contributed by atoms with van der Waals surface area (Å²) in [7, 11) is 1.99. The second kappa shape index (κ2) is 6.58. The molecule has 2 atom stereocenters. The second-order valence-corrected chi connectivity index (χ2v) is 5.93. The number of carbonyl (C=O) groups excluding carboxylic acids is 1. The summed E-state index contributed by atoms with van der Waals surface area (Å²) in [6.45, 7) is 1.61. The van der Waals surface area contributed by atoms with Gasteiger partial charge in [-0.25, -0.2) is 0 Å². The van der Waals surface area contributed by atoms with Crippen LogP contribution in [0.25, 0.3) is 0 Å². The molecular weight excluding hydrogens is 264 g/mol. The highest BCUT2D eigenvalue weighted by atomic mass is 16.5. The fourth-order valence-corrected chi connectivity index (χ4v) is 3.43. The van der Waals surface area contributed by atoms with Gasteiger partial charge in [-0.3, -0.25) is 4.79 Å². The van der Waals surface area contributed by atoms with Crippen LogP contribution in [-0.2, 0) is 9.53 Å². The lowest BCUT2D eigenvalue weighted by Gasteiger charge is -2.25.